The number of fused-ring (bicyclic) bond motifs is 1. The monoisotopic (exact) mass is 452 g/mol. The van der Waals surface area contributed by atoms with E-state index in [0.717, 1.165) is 11.1 Å². The van der Waals surface area contributed by atoms with Gasteiger partial charge in [0.05, 0.1) is 0 Å². The van der Waals surface area contributed by atoms with Gasteiger partial charge < -0.3 is 0 Å². The number of benzene rings is 4. The Labute approximate surface area is 209 Å². The van der Waals surface area contributed by atoms with E-state index in [-0.39, 0.29) is 0 Å². The van der Waals surface area contributed by atoms with Gasteiger partial charge in [0, 0.05) is 0 Å². The Morgan fingerprint density at radius 1 is 0.412 bits per heavy atom. The van der Waals surface area contributed by atoms with Crippen molar-refractivity contribution in [3.8, 4) is 22.3 Å². The van der Waals surface area contributed by atoms with Crippen molar-refractivity contribution in [2.45, 2.75) is 55.4 Å². The lowest BCUT2D eigenvalue weighted by molar-refractivity contribution is 1.50. The van der Waals surface area contributed by atoms with Gasteiger partial charge in [-0.05, 0) is 44.2 Å². The third-order valence-electron chi connectivity index (χ3n) is 4.83. The van der Waals surface area contributed by atoms with Crippen molar-refractivity contribution in [2.24, 2.45) is 0 Å². The van der Waals surface area contributed by atoms with Gasteiger partial charge >= 0.3 is 0 Å². The fraction of sp³-hybridized carbons (Fsp3) is 0.235. The first-order valence-electron chi connectivity index (χ1n) is 12.8. The van der Waals surface area contributed by atoms with Crippen LogP contribution >= 0.6 is 0 Å². The van der Waals surface area contributed by atoms with Crippen LogP contribution in [0.3, 0.4) is 0 Å². The zero-order valence-electron chi connectivity index (χ0n) is 22.7. The summed E-state index contributed by atoms with van der Waals surface area (Å²) in [5, 5.41) is 2.47. The van der Waals surface area contributed by atoms with Crippen molar-refractivity contribution in [3.63, 3.8) is 0 Å². The summed E-state index contributed by atoms with van der Waals surface area (Å²) in [6, 6.07) is 29.6. The summed E-state index contributed by atoms with van der Waals surface area (Å²) < 4.78 is 0. The second-order valence-electron chi connectivity index (χ2n) is 6.26. The first-order chi connectivity index (χ1) is 16.8. The molecule has 4 aromatic carbocycles. The molecule has 0 nitrogen and oxygen atoms in total. The van der Waals surface area contributed by atoms with Crippen molar-refractivity contribution >= 4 is 22.9 Å². The summed E-state index contributed by atoms with van der Waals surface area (Å²) >= 11 is 0. The molecule has 0 heterocycles. The Bertz CT molecular complexity index is 997. The summed E-state index contributed by atoms with van der Waals surface area (Å²) in [4.78, 5) is 0. The van der Waals surface area contributed by atoms with Gasteiger partial charge in [0.1, 0.15) is 0 Å². The predicted octanol–water partition coefficient (Wildman–Crippen LogP) is 11.6. The lowest BCUT2D eigenvalue weighted by Gasteiger charge is -2.20. The molecule has 0 radical (unpaired) electrons. The Morgan fingerprint density at radius 3 is 0.941 bits per heavy atom. The number of hydrogen-bond acceptors (Lipinski definition) is 0. The van der Waals surface area contributed by atoms with E-state index in [0.29, 0.717) is 0 Å². The molecular formula is C34H44. The first-order valence-corrected chi connectivity index (χ1v) is 12.8. The van der Waals surface area contributed by atoms with Crippen LogP contribution in [-0.2, 0) is 0 Å². The van der Waals surface area contributed by atoms with Gasteiger partial charge in [0.25, 0.3) is 0 Å². The molecule has 0 aliphatic heterocycles. The number of hydrogen-bond donors (Lipinski definition) is 0. The second kappa shape index (κ2) is 18.1. The van der Waals surface area contributed by atoms with E-state index in [1.54, 1.807) is 0 Å². The van der Waals surface area contributed by atoms with Gasteiger partial charge in [-0.25, -0.2) is 0 Å². The maximum atomic E-state index is 4.12. The highest BCUT2D eigenvalue weighted by molar-refractivity contribution is 6.11. The topological polar surface area (TPSA) is 0 Å². The minimum atomic E-state index is 1.13. The molecule has 0 amide bonds. The molecule has 0 heteroatoms. The fourth-order valence-corrected chi connectivity index (χ4v) is 3.73. The Morgan fingerprint density at radius 2 is 0.676 bits per heavy atom. The molecule has 4 rings (SSSR count). The molecule has 0 saturated heterocycles. The Balaban J connectivity index is 0.00000124. The summed E-state index contributed by atoms with van der Waals surface area (Å²) in [7, 11) is 0. The molecule has 0 spiro atoms. The van der Waals surface area contributed by atoms with E-state index in [2.05, 4.69) is 86.0 Å². The maximum Gasteiger partial charge on any atom is -0.00266 e. The highest BCUT2D eigenvalue weighted by Gasteiger charge is 2.17. The zero-order valence-corrected chi connectivity index (χ0v) is 22.7. The average molecular weight is 453 g/mol. The highest BCUT2D eigenvalue weighted by Crippen LogP contribution is 2.42. The lowest BCUT2D eigenvalue weighted by atomic mass is 9.83. The molecule has 0 bridgehead atoms. The molecule has 34 heavy (non-hydrogen) atoms. The third kappa shape index (κ3) is 7.06. The SMILES string of the molecule is C=Cc1c(C=C)c(-c2ccccc2)c2ccccc2c1-c1ccccc1.CC.CC.CC.CC. The third-order valence-corrected chi connectivity index (χ3v) is 4.83. The molecule has 0 atom stereocenters. The van der Waals surface area contributed by atoms with Crippen LogP contribution in [0.2, 0.25) is 0 Å². The van der Waals surface area contributed by atoms with E-state index in [9.17, 15) is 0 Å². The lowest BCUT2D eigenvalue weighted by Crippen LogP contribution is -1.95. The van der Waals surface area contributed by atoms with Crippen LogP contribution in [0.5, 0.6) is 0 Å². The van der Waals surface area contributed by atoms with Gasteiger partial charge in [0.2, 0.25) is 0 Å². The van der Waals surface area contributed by atoms with E-state index in [1.807, 2.05) is 79.7 Å². The molecule has 0 unspecified atom stereocenters. The molecule has 0 N–H and O–H groups in total. The van der Waals surface area contributed by atoms with Crippen molar-refractivity contribution in [2.75, 3.05) is 0 Å². The molecule has 0 fully saturated rings. The molecule has 0 aliphatic rings. The minimum absolute atomic E-state index is 1.13. The van der Waals surface area contributed by atoms with Crippen molar-refractivity contribution < 1.29 is 0 Å². The maximum absolute atomic E-state index is 4.12. The van der Waals surface area contributed by atoms with Crippen LogP contribution in [0.15, 0.2) is 98.1 Å². The second-order valence-corrected chi connectivity index (χ2v) is 6.26. The van der Waals surface area contributed by atoms with Crippen LogP contribution < -0.4 is 0 Å². The standard InChI is InChI=1S/C26H20.4C2H6/c1-3-21-22(4-2)26(20-15-9-6-10-16-20)24-18-12-11-17-23(24)25(21)19-13-7-5-8-14-19;4*1-2/h3-18H,1-2H2;4*1-2H3. The average Bonchev–Trinajstić information content (AvgIpc) is 2.96. The molecule has 0 aliphatic carbocycles. The normalized spacial score (nSPS) is 8.82. The minimum Gasteiger partial charge on any atom is -0.0984 e. The van der Waals surface area contributed by atoms with Gasteiger partial charge in [0.15, 0.2) is 0 Å². The Hall–Kier alpha value is -3.38. The summed E-state index contributed by atoms with van der Waals surface area (Å²) in [6.45, 7) is 24.2. The van der Waals surface area contributed by atoms with E-state index in [4.69, 9.17) is 0 Å². The van der Waals surface area contributed by atoms with Crippen molar-refractivity contribution in [3.05, 3.63) is 109 Å². The van der Waals surface area contributed by atoms with Gasteiger partial charge in [-0.2, -0.15) is 0 Å². The molecule has 4 aromatic rings. The van der Waals surface area contributed by atoms with Crippen LogP contribution in [-0.4, -0.2) is 0 Å². The molecule has 0 saturated carbocycles. The summed E-state index contributed by atoms with van der Waals surface area (Å²) in [6.07, 6.45) is 3.91. The van der Waals surface area contributed by atoms with E-state index < -0.39 is 0 Å². The summed E-state index contributed by atoms with van der Waals surface area (Å²) in [5.74, 6) is 0. The predicted molar refractivity (Wildman–Crippen MR) is 160 cm³/mol. The molecule has 180 valence electrons. The van der Waals surface area contributed by atoms with Crippen LogP contribution in [0.1, 0.15) is 66.5 Å². The summed E-state index contributed by atoms with van der Waals surface area (Å²) in [5.41, 5.74) is 7.08. The highest BCUT2D eigenvalue weighted by atomic mass is 14.2. The Kier molecular flexibility index (Phi) is 16.3. The van der Waals surface area contributed by atoms with Gasteiger partial charge in [-0.1, -0.05) is 166 Å². The molecular weight excluding hydrogens is 408 g/mol. The van der Waals surface area contributed by atoms with Crippen LogP contribution in [0.4, 0.5) is 0 Å². The van der Waals surface area contributed by atoms with E-state index in [1.165, 1.54) is 33.0 Å². The van der Waals surface area contributed by atoms with Crippen molar-refractivity contribution in [1.29, 1.82) is 0 Å². The quantitative estimate of drug-likeness (QED) is 0.289. The van der Waals surface area contributed by atoms with Crippen molar-refractivity contribution in [1.82, 2.24) is 0 Å². The largest absolute Gasteiger partial charge is 0.0984 e. The molecule has 0 aromatic heterocycles. The number of rotatable bonds is 4. The van der Waals surface area contributed by atoms with E-state index >= 15 is 0 Å². The van der Waals surface area contributed by atoms with Gasteiger partial charge in [-0.15, -0.1) is 0 Å². The van der Waals surface area contributed by atoms with Gasteiger partial charge in [-0.3, -0.25) is 0 Å². The smallest absolute Gasteiger partial charge is 0.00266 e. The zero-order chi connectivity index (χ0) is 25.9. The fourth-order valence-electron chi connectivity index (χ4n) is 3.73. The van der Waals surface area contributed by atoms with Crippen LogP contribution in [0.25, 0.3) is 45.2 Å². The first kappa shape index (κ1) is 30.6. The van der Waals surface area contributed by atoms with Crippen LogP contribution in [0, 0.1) is 0 Å².